The van der Waals surface area contributed by atoms with Gasteiger partial charge in [-0.05, 0) is 49.9 Å². The lowest BCUT2D eigenvalue weighted by molar-refractivity contribution is 0.0765. The Bertz CT molecular complexity index is 329. The molecule has 0 bridgehead atoms. The van der Waals surface area contributed by atoms with Crippen LogP contribution in [0.2, 0.25) is 10.6 Å². The Morgan fingerprint density at radius 1 is 1.12 bits per heavy atom. The average Bonchev–Trinajstić information content (AvgIpc) is 2.21. The van der Waals surface area contributed by atoms with Crippen molar-refractivity contribution >= 4 is 29.2 Å². The zero-order valence-corrected chi connectivity index (χ0v) is 11.4. The maximum absolute atomic E-state index is 5.64. The summed E-state index contributed by atoms with van der Waals surface area (Å²) in [6, 6.07) is 0. The van der Waals surface area contributed by atoms with Crippen molar-refractivity contribution in [2.45, 2.75) is 32.8 Å². The molecule has 0 spiro atoms. The van der Waals surface area contributed by atoms with Gasteiger partial charge in [0.2, 0.25) is 16.5 Å². The van der Waals surface area contributed by atoms with E-state index in [4.69, 9.17) is 27.9 Å². The van der Waals surface area contributed by atoms with Crippen LogP contribution in [-0.2, 0) is 4.74 Å². The Morgan fingerprint density at radius 2 is 1.76 bits per heavy atom. The van der Waals surface area contributed by atoms with Crippen molar-refractivity contribution in [3.05, 3.63) is 10.6 Å². The van der Waals surface area contributed by atoms with E-state index in [1.54, 1.807) is 0 Å². The van der Waals surface area contributed by atoms with Crippen molar-refractivity contribution in [2.24, 2.45) is 0 Å². The second kappa shape index (κ2) is 7.63. The van der Waals surface area contributed by atoms with Crippen LogP contribution in [0.1, 0.15) is 26.7 Å². The highest BCUT2D eigenvalue weighted by atomic mass is 35.5. The zero-order valence-electron chi connectivity index (χ0n) is 9.91. The van der Waals surface area contributed by atoms with E-state index >= 15 is 0 Å². The molecular weight excluding hydrogens is 263 g/mol. The summed E-state index contributed by atoms with van der Waals surface area (Å²) in [4.78, 5) is 11.5. The highest BCUT2D eigenvalue weighted by Crippen LogP contribution is 2.09. The monoisotopic (exact) mass is 278 g/mol. The lowest BCUT2D eigenvalue weighted by atomic mass is 10.3. The van der Waals surface area contributed by atoms with Crippen molar-refractivity contribution in [3.63, 3.8) is 0 Å². The Morgan fingerprint density at radius 3 is 2.35 bits per heavy atom. The van der Waals surface area contributed by atoms with E-state index in [0.717, 1.165) is 26.0 Å². The molecule has 0 saturated heterocycles. The minimum atomic E-state index is 0.0932. The number of nitrogens with one attached hydrogen (secondary N) is 1. The van der Waals surface area contributed by atoms with Crippen LogP contribution >= 0.6 is 23.2 Å². The molecule has 0 fully saturated rings. The first kappa shape index (κ1) is 14.4. The van der Waals surface area contributed by atoms with Gasteiger partial charge in [0.15, 0.2) is 0 Å². The Balaban J connectivity index is 2.18. The Labute approximate surface area is 111 Å². The lowest BCUT2D eigenvalue weighted by Crippen LogP contribution is -2.09. The van der Waals surface area contributed by atoms with Gasteiger partial charge < -0.3 is 10.1 Å². The standard InChI is InChI=1S/C10H16Cl2N4O/c1-7(2)17-6-4-3-5-13-10-15-8(11)14-9(12)16-10/h7H,3-6H2,1-2H3,(H,13,14,15,16). The van der Waals surface area contributed by atoms with Crippen molar-refractivity contribution in [1.29, 1.82) is 0 Å². The lowest BCUT2D eigenvalue weighted by Gasteiger charge is -2.07. The van der Waals surface area contributed by atoms with Gasteiger partial charge in [0, 0.05) is 13.2 Å². The van der Waals surface area contributed by atoms with Crippen molar-refractivity contribution in [2.75, 3.05) is 18.5 Å². The fourth-order valence-corrected chi connectivity index (χ4v) is 1.51. The van der Waals surface area contributed by atoms with Crippen LogP contribution in [-0.4, -0.2) is 34.2 Å². The van der Waals surface area contributed by atoms with Crippen molar-refractivity contribution in [3.8, 4) is 0 Å². The molecule has 1 rings (SSSR count). The van der Waals surface area contributed by atoms with Gasteiger partial charge >= 0.3 is 0 Å². The van der Waals surface area contributed by atoms with E-state index in [-0.39, 0.29) is 16.7 Å². The molecule has 0 atom stereocenters. The predicted octanol–water partition coefficient (Wildman–Crippen LogP) is 2.80. The first-order valence-electron chi connectivity index (χ1n) is 5.50. The fraction of sp³-hybridized carbons (Fsp3) is 0.700. The summed E-state index contributed by atoms with van der Waals surface area (Å²) in [6.07, 6.45) is 2.23. The molecule has 1 N–H and O–H groups in total. The average molecular weight is 279 g/mol. The third-order valence-electron chi connectivity index (χ3n) is 1.89. The molecule has 0 aliphatic heterocycles. The van der Waals surface area contributed by atoms with E-state index in [9.17, 15) is 0 Å². The number of aromatic nitrogens is 3. The fourth-order valence-electron chi connectivity index (χ4n) is 1.15. The number of rotatable bonds is 7. The first-order valence-corrected chi connectivity index (χ1v) is 6.26. The number of nitrogens with zero attached hydrogens (tertiary/aromatic N) is 3. The smallest absolute Gasteiger partial charge is 0.228 e. The van der Waals surface area contributed by atoms with Crippen molar-refractivity contribution < 1.29 is 4.74 Å². The molecule has 0 radical (unpaired) electrons. The molecule has 5 nitrogen and oxygen atoms in total. The van der Waals surface area contributed by atoms with Crippen molar-refractivity contribution in [1.82, 2.24) is 15.0 Å². The maximum Gasteiger partial charge on any atom is 0.228 e. The highest BCUT2D eigenvalue weighted by Gasteiger charge is 2.01. The van der Waals surface area contributed by atoms with E-state index in [1.807, 2.05) is 13.8 Å². The quantitative estimate of drug-likeness (QED) is 0.778. The van der Waals surface area contributed by atoms with E-state index in [1.165, 1.54) is 0 Å². The normalized spacial score (nSPS) is 10.9. The molecule has 1 aromatic rings. The van der Waals surface area contributed by atoms with Crippen LogP contribution in [0.5, 0.6) is 0 Å². The number of halogens is 2. The molecule has 1 heterocycles. The van der Waals surface area contributed by atoms with E-state index in [2.05, 4.69) is 20.3 Å². The molecule has 0 aromatic carbocycles. The molecule has 0 amide bonds. The largest absolute Gasteiger partial charge is 0.379 e. The minimum absolute atomic E-state index is 0.0932. The minimum Gasteiger partial charge on any atom is -0.379 e. The first-order chi connectivity index (χ1) is 8.08. The van der Waals surface area contributed by atoms with Gasteiger partial charge in [0.1, 0.15) is 0 Å². The van der Waals surface area contributed by atoms with Crippen LogP contribution < -0.4 is 5.32 Å². The van der Waals surface area contributed by atoms with Gasteiger partial charge in [-0.25, -0.2) is 0 Å². The molecule has 96 valence electrons. The van der Waals surface area contributed by atoms with Gasteiger partial charge in [-0.3, -0.25) is 0 Å². The highest BCUT2D eigenvalue weighted by molar-refractivity contribution is 6.31. The summed E-state index contributed by atoms with van der Waals surface area (Å²) in [5.74, 6) is 0.403. The molecule has 0 aliphatic rings. The second-order valence-corrected chi connectivity index (χ2v) is 4.43. The van der Waals surface area contributed by atoms with Gasteiger partial charge in [-0.1, -0.05) is 0 Å². The second-order valence-electron chi connectivity index (χ2n) is 3.75. The number of anilines is 1. The molecule has 0 aliphatic carbocycles. The number of unbranched alkanes of at least 4 members (excludes halogenated alkanes) is 1. The number of hydrogen-bond acceptors (Lipinski definition) is 5. The summed E-state index contributed by atoms with van der Waals surface area (Å²) in [7, 11) is 0. The molecule has 1 aromatic heterocycles. The van der Waals surface area contributed by atoms with Gasteiger partial charge in [-0.2, -0.15) is 15.0 Å². The number of ether oxygens (including phenoxy) is 1. The zero-order chi connectivity index (χ0) is 12.7. The molecule has 0 unspecified atom stereocenters. The molecule has 7 heteroatoms. The summed E-state index contributed by atoms with van der Waals surface area (Å²) in [6.45, 7) is 5.55. The van der Waals surface area contributed by atoms with Gasteiger partial charge in [-0.15, -0.1) is 0 Å². The maximum atomic E-state index is 5.64. The van der Waals surface area contributed by atoms with E-state index < -0.39 is 0 Å². The number of hydrogen-bond donors (Lipinski definition) is 1. The van der Waals surface area contributed by atoms with Gasteiger partial charge in [0.05, 0.1) is 6.10 Å². The SMILES string of the molecule is CC(C)OCCCCNc1nc(Cl)nc(Cl)n1. The Kier molecular flexibility index (Phi) is 6.47. The Hall–Kier alpha value is -0.650. The van der Waals surface area contributed by atoms with E-state index in [0.29, 0.717) is 5.95 Å². The molecule has 17 heavy (non-hydrogen) atoms. The summed E-state index contributed by atoms with van der Waals surface area (Å²) in [5.41, 5.74) is 0. The van der Waals surface area contributed by atoms with Crippen LogP contribution in [0.3, 0.4) is 0 Å². The summed E-state index contributed by atoms with van der Waals surface area (Å²) < 4.78 is 5.42. The predicted molar refractivity (Wildman–Crippen MR) is 68.7 cm³/mol. The molecule has 0 saturated carbocycles. The van der Waals surface area contributed by atoms with Gasteiger partial charge in [0.25, 0.3) is 0 Å². The van der Waals surface area contributed by atoms with Crippen LogP contribution in [0.15, 0.2) is 0 Å². The van der Waals surface area contributed by atoms with Crippen LogP contribution in [0.25, 0.3) is 0 Å². The van der Waals surface area contributed by atoms with Crippen LogP contribution in [0, 0.1) is 0 Å². The third kappa shape index (κ3) is 6.61. The topological polar surface area (TPSA) is 59.9 Å². The van der Waals surface area contributed by atoms with Crippen LogP contribution in [0.4, 0.5) is 5.95 Å². The molecular formula is C10H16Cl2N4O. The summed E-state index contributed by atoms with van der Waals surface area (Å²) >= 11 is 11.3. The third-order valence-corrected chi connectivity index (χ3v) is 2.22. The summed E-state index contributed by atoms with van der Waals surface area (Å²) in [5, 5.41) is 3.21.